The van der Waals surface area contributed by atoms with Gasteiger partial charge in [-0.3, -0.25) is 4.79 Å². The summed E-state index contributed by atoms with van der Waals surface area (Å²) in [6, 6.07) is 15.7. The Bertz CT molecular complexity index is 1270. The Morgan fingerprint density at radius 3 is 2.50 bits per heavy atom. The van der Waals surface area contributed by atoms with Crippen LogP contribution in [0.25, 0.3) is 0 Å². The molecule has 0 bridgehead atoms. The summed E-state index contributed by atoms with van der Waals surface area (Å²) in [5, 5.41) is 5.70. The van der Waals surface area contributed by atoms with Gasteiger partial charge in [0.05, 0.1) is 15.8 Å². The van der Waals surface area contributed by atoms with E-state index in [2.05, 4.69) is 20.6 Å². The lowest BCUT2D eigenvalue weighted by molar-refractivity contribution is 0.0724. The Labute approximate surface area is 200 Å². The van der Waals surface area contributed by atoms with Gasteiger partial charge in [0, 0.05) is 30.5 Å². The van der Waals surface area contributed by atoms with Crippen LogP contribution in [0.2, 0.25) is 0 Å². The second-order valence-electron chi connectivity index (χ2n) is 8.54. The minimum atomic E-state index is -3.47. The Balaban J connectivity index is 1.52. The monoisotopic (exact) mass is 479 g/mol. The highest BCUT2D eigenvalue weighted by Gasteiger charge is 2.23. The van der Waals surface area contributed by atoms with Crippen molar-refractivity contribution in [3.8, 4) is 0 Å². The minimum absolute atomic E-state index is 0.0302. The number of nitrogens with one attached hydrogen (secondary N) is 2. The summed E-state index contributed by atoms with van der Waals surface area (Å²) in [6.45, 7) is 4.90. The number of hydrogen-bond donors (Lipinski definition) is 2. The van der Waals surface area contributed by atoms with Crippen LogP contribution in [0.15, 0.2) is 65.7 Å². The van der Waals surface area contributed by atoms with Gasteiger partial charge in [-0.1, -0.05) is 18.2 Å². The number of amides is 1. The number of carbonyl (C=O) groups is 1. The number of anilines is 4. The van der Waals surface area contributed by atoms with Gasteiger partial charge in [0.1, 0.15) is 5.82 Å². The van der Waals surface area contributed by atoms with E-state index in [1.165, 1.54) is 6.42 Å². The fourth-order valence-corrected chi connectivity index (χ4v) is 5.04. The van der Waals surface area contributed by atoms with Crippen molar-refractivity contribution < 1.29 is 13.2 Å². The number of hydrogen-bond acceptors (Lipinski definition) is 7. The number of rotatable bonds is 7. The molecule has 2 aromatic carbocycles. The highest BCUT2D eigenvalue weighted by atomic mass is 32.2. The van der Waals surface area contributed by atoms with Crippen molar-refractivity contribution >= 4 is 38.9 Å². The molecule has 2 N–H and O–H groups in total. The average molecular weight is 480 g/mol. The highest BCUT2D eigenvalue weighted by molar-refractivity contribution is 7.92. The number of piperidine rings is 1. The van der Waals surface area contributed by atoms with E-state index in [4.69, 9.17) is 0 Å². The molecule has 2 heterocycles. The van der Waals surface area contributed by atoms with Crippen molar-refractivity contribution in [1.29, 1.82) is 0 Å². The third-order valence-electron chi connectivity index (χ3n) is 5.74. The van der Waals surface area contributed by atoms with Crippen molar-refractivity contribution in [2.24, 2.45) is 0 Å². The van der Waals surface area contributed by atoms with E-state index in [1.807, 2.05) is 23.1 Å². The molecular formula is C25H29N5O3S. The van der Waals surface area contributed by atoms with Crippen LogP contribution in [0.1, 0.15) is 43.5 Å². The largest absolute Gasteiger partial charge is 0.339 e. The molecule has 4 rings (SSSR count). The fraction of sp³-hybridized carbons (Fsp3) is 0.320. The SMILES string of the molecule is CC(C)S(=O)(=O)c1ccccc1Nc1ccnc(Nc2cccc(C(=O)N3CCCCC3)c2)n1. The molecule has 0 unspecified atom stereocenters. The first kappa shape index (κ1) is 23.7. The first-order valence-corrected chi connectivity index (χ1v) is 13.0. The molecule has 0 spiro atoms. The van der Waals surface area contributed by atoms with Crippen LogP contribution in [0, 0.1) is 0 Å². The maximum absolute atomic E-state index is 12.8. The Morgan fingerprint density at radius 1 is 0.971 bits per heavy atom. The summed E-state index contributed by atoms with van der Waals surface area (Å²) in [5.41, 5.74) is 1.77. The summed E-state index contributed by atoms with van der Waals surface area (Å²) < 4.78 is 25.5. The van der Waals surface area contributed by atoms with E-state index in [1.54, 1.807) is 56.4 Å². The number of sulfone groups is 1. The van der Waals surface area contributed by atoms with Crippen LogP contribution >= 0.6 is 0 Å². The third-order valence-corrected chi connectivity index (χ3v) is 7.95. The summed E-state index contributed by atoms with van der Waals surface area (Å²) in [7, 11) is -3.47. The van der Waals surface area contributed by atoms with E-state index in [0.717, 1.165) is 25.9 Å². The van der Waals surface area contributed by atoms with E-state index in [9.17, 15) is 13.2 Å². The second kappa shape index (κ2) is 10.2. The molecule has 1 aromatic heterocycles. The van der Waals surface area contributed by atoms with Crippen molar-refractivity contribution in [3.05, 3.63) is 66.4 Å². The van der Waals surface area contributed by atoms with Gasteiger partial charge in [-0.05, 0) is 69.5 Å². The van der Waals surface area contributed by atoms with Crippen molar-refractivity contribution in [1.82, 2.24) is 14.9 Å². The number of para-hydroxylation sites is 1. The Kier molecular flexibility index (Phi) is 7.12. The van der Waals surface area contributed by atoms with Gasteiger partial charge in [0.2, 0.25) is 5.95 Å². The van der Waals surface area contributed by atoms with Crippen LogP contribution in [-0.4, -0.2) is 47.5 Å². The van der Waals surface area contributed by atoms with Crippen LogP contribution < -0.4 is 10.6 Å². The fourth-order valence-electron chi connectivity index (χ4n) is 3.84. The minimum Gasteiger partial charge on any atom is -0.339 e. The number of carbonyl (C=O) groups excluding carboxylic acids is 1. The molecule has 178 valence electrons. The van der Waals surface area contributed by atoms with E-state index in [-0.39, 0.29) is 10.8 Å². The maximum Gasteiger partial charge on any atom is 0.253 e. The number of benzene rings is 2. The van der Waals surface area contributed by atoms with Crippen LogP contribution in [0.3, 0.4) is 0 Å². The molecule has 0 aliphatic carbocycles. The van der Waals surface area contributed by atoms with E-state index >= 15 is 0 Å². The number of aromatic nitrogens is 2. The zero-order valence-electron chi connectivity index (χ0n) is 19.4. The van der Waals surface area contributed by atoms with Crippen LogP contribution in [0.5, 0.6) is 0 Å². The molecule has 3 aromatic rings. The standard InChI is InChI=1S/C25H29N5O3S/c1-18(2)34(32,33)22-12-5-4-11-21(22)28-23-13-14-26-25(29-23)27-20-10-8-9-19(17-20)24(31)30-15-6-3-7-16-30/h4-5,8-14,17-18H,3,6-7,15-16H2,1-2H3,(H2,26,27,28,29). The van der Waals surface area contributed by atoms with E-state index in [0.29, 0.717) is 28.7 Å². The summed E-state index contributed by atoms with van der Waals surface area (Å²) >= 11 is 0. The predicted molar refractivity (Wildman–Crippen MR) is 134 cm³/mol. The van der Waals surface area contributed by atoms with E-state index < -0.39 is 15.1 Å². The highest BCUT2D eigenvalue weighted by Crippen LogP contribution is 2.27. The molecule has 0 atom stereocenters. The normalized spacial score (nSPS) is 14.1. The first-order valence-electron chi connectivity index (χ1n) is 11.4. The van der Waals surface area contributed by atoms with Gasteiger partial charge in [-0.15, -0.1) is 0 Å². The molecule has 1 aliphatic heterocycles. The van der Waals surface area contributed by atoms with Crippen LogP contribution in [0.4, 0.5) is 23.1 Å². The van der Waals surface area contributed by atoms with Gasteiger partial charge in [-0.2, -0.15) is 4.98 Å². The molecule has 1 aliphatic rings. The van der Waals surface area contributed by atoms with Crippen LogP contribution in [-0.2, 0) is 9.84 Å². The maximum atomic E-state index is 12.8. The lowest BCUT2D eigenvalue weighted by Gasteiger charge is -2.26. The van der Waals surface area contributed by atoms with Gasteiger partial charge in [-0.25, -0.2) is 13.4 Å². The lowest BCUT2D eigenvalue weighted by Crippen LogP contribution is -2.35. The van der Waals surface area contributed by atoms with Crippen molar-refractivity contribution in [2.45, 2.75) is 43.3 Å². The second-order valence-corrected chi connectivity index (χ2v) is 11.0. The van der Waals surface area contributed by atoms with Crippen molar-refractivity contribution in [3.63, 3.8) is 0 Å². The Hall–Kier alpha value is -3.46. The molecule has 0 radical (unpaired) electrons. The number of nitrogens with zero attached hydrogens (tertiary/aromatic N) is 3. The molecule has 0 saturated carbocycles. The molecule has 1 fully saturated rings. The lowest BCUT2D eigenvalue weighted by atomic mass is 10.1. The Morgan fingerprint density at radius 2 is 1.74 bits per heavy atom. The zero-order chi connectivity index (χ0) is 24.1. The quantitative estimate of drug-likeness (QED) is 0.503. The smallest absolute Gasteiger partial charge is 0.253 e. The predicted octanol–water partition coefficient (Wildman–Crippen LogP) is 4.77. The van der Waals surface area contributed by atoms with Gasteiger partial charge >= 0.3 is 0 Å². The molecule has 1 amide bonds. The number of likely N-dealkylation sites (tertiary alicyclic amines) is 1. The molecular weight excluding hydrogens is 450 g/mol. The summed E-state index contributed by atoms with van der Waals surface area (Å²) in [6.07, 6.45) is 4.83. The van der Waals surface area contributed by atoms with Gasteiger partial charge in [0.25, 0.3) is 5.91 Å². The third kappa shape index (κ3) is 5.36. The summed E-state index contributed by atoms with van der Waals surface area (Å²) in [4.78, 5) is 23.7. The molecule has 8 nitrogen and oxygen atoms in total. The topological polar surface area (TPSA) is 104 Å². The molecule has 1 saturated heterocycles. The van der Waals surface area contributed by atoms with Gasteiger partial charge < -0.3 is 15.5 Å². The van der Waals surface area contributed by atoms with Gasteiger partial charge in [0.15, 0.2) is 9.84 Å². The first-order chi connectivity index (χ1) is 16.3. The van der Waals surface area contributed by atoms with Crippen molar-refractivity contribution in [2.75, 3.05) is 23.7 Å². The molecule has 9 heteroatoms. The summed E-state index contributed by atoms with van der Waals surface area (Å²) in [5.74, 6) is 0.809. The molecule has 34 heavy (non-hydrogen) atoms. The average Bonchev–Trinajstić information content (AvgIpc) is 2.85. The zero-order valence-corrected chi connectivity index (χ0v) is 20.2.